The van der Waals surface area contributed by atoms with Crippen LogP contribution in [0.5, 0.6) is 0 Å². The van der Waals surface area contributed by atoms with Crippen molar-refractivity contribution in [2.24, 2.45) is 0 Å². The zero-order valence-corrected chi connectivity index (χ0v) is 10.2. The van der Waals surface area contributed by atoms with E-state index < -0.39 is 15.8 Å². The topological polar surface area (TPSA) is 72.2 Å². The summed E-state index contributed by atoms with van der Waals surface area (Å²) < 4.78 is 39.0. The van der Waals surface area contributed by atoms with Gasteiger partial charge in [-0.3, -0.25) is 4.72 Å². The summed E-state index contributed by atoms with van der Waals surface area (Å²) >= 11 is 1.36. The number of anilines is 2. The molecule has 0 radical (unpaired) electrons. The molecule has 7 heteroatoms. The monoisotopic (exact) mass is 272 g/mol. The van der Waals surface area contributed by atoms with Crippen LogP contribution in [0.4, 0.5) is 15.8 Å². The number of thiophene rings is 1. The molecule has 2 aromatic rings. The van der Waals surface area contributed by atoms with Crippen molar-refractivity contribution in [2.45, 2.75) is 4.90 Å². The van der Waals surface area contributed by atoms with E-state index in [-0.39, 0.29) is 10.6 Å². The lowest BCUT2D eigenvalue weighted by molar-refractivity contribution is 0.600. The van der Waals surface area contributed by atoms with E-state index in [0.717, 1.165) is 18.2 Å². The SMILES string of the molecule is Nc1cc(F)ccc1S(=O)(=O)Nc1ccsc1. The van der Waals surface area contributed by atoms with Gasteiger partial charge in [0.15, 0.2) is 0 Å². The minimum absolute atomic E-state index is 0.118. The minimum atomic E-state index is -3.77. The molecule has 4 nitrogen and oxygen atoms in total. The second-order valence-electron chi connectivity index (χ2n) is 3.30. The first kappa shape index (κ1) is 11.9. The van der Waals surface area contributed by atoms with Crippen LogP contribution in [0.3, 0.4) is 0 Å². The molecule has 0 aliphatic heterocycles. The van der Waals surface area contributed by atoms with Gasteiger partial charge in [-0.15, -0.1) is 0 Å². The van der Waals surface area contributed by atoms with Crippen molar-refractivity contribution < 1.29 is 12.8 Å². The third-order valence-corrected chi connectivity index (χ3v) is 4.17. The number of halogens is 1. The number of nitrogens with two attached hydrogens (primary N) is 1. The fourth-order valence-corrected chi connectivity index (χ4v) is 3.12. The number of sulfonamides is 1. The maximum absolute atomic E-state index is 12.8. The van der Waals surface area contributed by atoms with Gasteiger partial charge in [-0.25, -0.2) is 12.8 Å². The summed E-state index contributed by atoms with van der Waals surface area (Å²) in [7, 11) is -3.77. The lowest BCUT2D eigenvalue weighted by Crippen LogP contribution is -2.14. The molecule has 0 atom stereocenters. The van der Waals surface area contributed by atoms with Gasteiger partial charge in [0.05, 0.1) is 11.4 Å². The Morgan fingerprint density at radius 3 is 2.65 bits per heavy atom. The largest absolute Gasteiger partial charge is 0.398 e. The average molecular weight is 272 g/mol. The van der Waals surface area contributed by atoms with Gasteiger partial charge in [-0.1, -0.05) is 0 Å². The van der Waals surface area contributed by atoms with E-state index in [1.165, 1.54) is 11.3 Å². The van der Waals surface area contributed by atoms with Crippen LogP contribution in [0.25, 0.3) is 0 Å². The maximum atomic E-state index is 12.8. The molecule has 3 N–H and O–H groups in total. The number of rotatable bonds is 3. The summed E-state index contributed by atoms with van der Waals surface area (Å²) in [5.74, 6) is -0.572. The quantitative estimate of drug-likeness (QED) is 0.842. The van der Waals surface area contributed by atoms with Crippen molar-refractivity contribution in [3.63, 3.8) is 0 Å². The van der Waals surface area contributed by atoms with E-state index in [1.807, 2.05) is 0 Å². The molecule has 0 fully saturated rings. The van der Waals surface area contributed by atoms with Crippen molar-refractivity contribution >= 4 is 32.7 Å². The van der Waals surface area contributed by atoms with Crippen LogP contribution in [0.1, 0.15) is 0 Å². The molecule has 17 heavy (non-hydrogen) atoms. The molecular formula is C10H9FN2O2S2. The van der Waals surface area contributed by atoms with Gasteiger partial charge in [-0.05, 0) is 29.6 Å². The van der Waals surface area contributed by atoms with E-state index in [1.54, 1.807) is 16.8 Å². The Hall–Kier alpha value is -1.60. The molecule has 90 valence electrons. The molecule has 1 heterocycles. The van der Waals surface area contributed by atoms with Crippen LogP contribution in [-0.2, 0) is 10.0 Å². The molecule has 0 bridgehead atoms. The van der Waals surface area contributed by atoms with Crippen molar-refractivity contribution in [1.29, 1.82) is 0 Å². The first-order valence-corrected chi connectivity index (χ1v) is 7.02. The van der Waals surface area contributed by atoms with Gasteiger partial charge < -0.3 is 5.73 Å². The minimum Gasteiger partial charge on any atom is -0.398 e. The summed E-state index contributed by atoms with van der Waals surface area (Å²) in [6.07, 6.45) is 0. The summed E-state index contributed by atoms with van der Waals surface area (Å²) in [5, 5.41) is 3.39. The highest BCUT2D eigenvalue weighted by Gasteiger charge is 2.17. The van der Waals surface area contributed by atoms with Crippen LogP contribution in [0.2, 0.25) is 0 Å². The number of nitrogens with one attached hydrogen (secondary N) is 1. The molecule has 0 unspecified atom stereocenters. The molecule has 2 rings (SSSR count). The first-order valence-electron chi connectivity index (χ1n) is 4.59. The highest BCUT2D eigenvalue weighted by atomic mass is 32.2. The van der Waals surface area contributed by atoms with Crippen LogP contribution < -0.4 is 10.5 Å². The fourth-order valence-electron chi connectivity index (χ4n) is 1.30. The molecular weight excluding hydrogens is 263 g/mol. The van der Waals surface area contributed by atoms with Crippen molar-refractivity contribution in [2.75, 3.05) is 10.5 Å². The van der Waals surface area contributed by atoms with E-state index in [9.17, 15) is 12.8 Å². The zero-order chi connectivity index (χ0) is 12.5. The number of nitrogen functional groups attached to an aromatic ring is 1. The number of benzene rings is 1. The van der Waals surface area contributed by atoms with E-state index in [0.29, 0.717) is 5.69 Å². The molecule has 0 saturated heterocycles. The molecule has 0 aliphatic rings. The van der Waals surface area contributed by atoms with Crippen LogP contribution in [0, 0.1) is 5.82 Å². The molecule has 0 spiro atoms. The molecule has 0 saturated carbocycles. The third-order valence-electron chi connectivity index (χ3n) is 2.03. The van der Waals surface area contributed by atoms with Gasteiger partial charge in [0, 0.05) is 5.38 Å². The van der Waals surface area contributed by atoms with Crippen LogP contribution >= 0.6 is 11.3 Å². The molecule has 0 aliphatic carbocycles. The maximum Gasteiger partial charge on any atom is 0.263 e. The third kappa shape index (κ3) is 2.56. The highest BCUT2D eigenvalue weighted by Crippen LogP contribution is 2.23. The smallest absolute Gasteiger partial charge is 0.263 e. The van der Waals surface area contributed by atoms with E-state index in [2.05, 4.69) is 4.72 Å². The van der Waals surface area contributed by atoms with Gasteiger partial charge >= 0.3 is 0 Å². The van der Waals surface area contributed by atoms with Crippen molar-refractivity contribution in [3.05, 3.63) is 40.8 Å². The van der Waals surface area contributed by atoms with Gasteiger partial charge in [-0.2, -0.15) is 11.3 Å². The Kier molecular flexibility index (Phi) is 3.03. The highest BCUT2D eigenvalue weighted by molar-refractivity contribution is 7.92. The van der Waals surface area contributed by atoms with Gasteiger partial charge in [0.25, 0.3) is 10.0 Å². The van der Waals surface area contributed by atoms with Crippen molar-refractivity contribution in [1.82, 2.24) is 0 Å². The predicted molar refractivity (Wildman–Crippen MR) is 65.9 cm³/mol. The normalized spacial score (nSPS) is 11.4. The Balaban J connectivity index is 2.38. The standard InChI is InChI=1S/C10H9FN2O2S2/c11-7-1-2-10(9(12)5-7)17(14,15)13-8-3-4-16-6-8/h1-6,13H,12H2. The van der Waals surface area contributed by atoms with Crippen LogP contribution in [0.15, 0.2) is 39.9 Å². The predicted octanol–water partition coefficient (Wildman–Crippen LogP) is 2.27. The lowest BCUT2D eigenvalue weighted by atomic mass is 10.3. The van der Waals surface area contributed by atoms with Crippen molar-refractivity contribution in [3.8, 4) is 0 Å². The van der Waals surface area contributed by atoms with E-state index >= 15 is 0 Å². The Bertz CT molecular complexity index is 624. The number of hydrogen-bond donors (Lipinski definition) is 2. The van der Waals surface area contributed by atoms with Crippen LogP contribution in [-0.4, -0.2) is 8.42 Å². The Morgan fingerprint density at radius 2 is 2.06 bits per heavy atom. The average Bonchev–Trinajstić information content (AvgIpc) is 2.68. The first-order chi connectivity index (χ1) is 7.99. The summed E-state index contributed by atoms with van der Waals surface area (Å²) in [6, 6.07) is 4.79. The zero-order valence-electron chi connectivity index (χ0n) is 8.55. The van der Waals surface area contributed by atoms with Gasteiger partial charge in [0.2, 0.25) is 0 Å². The molecule has 1 aromatic carbocycles. The fraction of sp³-hybridized carbons (Fsp3) is 0. The summed E-state index contributed by atoms with van der Waals surface area (Å²) in [6.45, 7) is 0. The summed E-state index contributed by atoms with van der Waals surface area (Å²) in [5.41, 5.74) is 5.82. The molecule has 0 amide bonds. The number of hydrogen-bond acceptors (Lipinski definition) is 4. The Labute approximate surface area is 102 Å². The Morgan fingerprint density at radius 1 is 1.29 bits per heavy atom. The van der Waals surface area contributed by atoms with Gasteiger partial charge in [0.1, 0.15) is 10.7 Å². The molecule has 1 aromatic heterocycles. The van der Waals surface area contributed by atoms with E-state index in [4.69, 9.17) is 5.73 Å². The second-order valence-corrected chi connectivity index (χ2v) is 5.73. The lowest BCUT2D eigenvalue weighted by Gasteiger charge is -2.08. The summed E-state index contributed by atoms with van der Waals surface area (Å²) in [4.78, 5) is -0.134. The second kappa shape index (κ2) is 4.34.